The average Bonchev–Trinajstić information content (AvgIpc) is 2.63. The molecule has 1 atom stereocenters. The summed E-state index contributed by atoms with van der Waals surface area (Å²) >= 11 is 0. The van der Waals surface area contributed by atoms with Crippen LogP contribution in [0.2, 0.25) is 0 Å². The molecule has 0 aromatic heterocycles. The van der Waals surface area contributed by atoms with Crippen molar-refractivity contribution >= 4 is 5.91 Å². The Kier molecular flexibility index (Phi) is 2.48. The van der Waals surface area contributed by atoms with Crippen molar-refractivity contribution in [1.29, 1.82) is 0 Å². The number of nitrogens with two attached hydrogens (primary N) is 1. The SMILES string of the molecule is NC1CC(=O)N(CC2OCCO2)C1. The van der Waals surface area contributed by atoms with Gasteiger partial charge >= 0.3 is 0 Å². The number of hydrogen-bond acceptors (Lipinski definition) is 4. The quantitative estimate of drug-likeness (QED) is 0.595. The fourth-order valence-corrected chi connectivity index (χ4v) is 1.67. The Morgan fingerprint density at radius 1 is 1.46 bits per heavy atom. The molecule has 0 spiro atoms. The predicted octanol–water partition coefficient (Wildman–Crippen LogP) is -1.08. The molecule has 74 valence electrons. The third kappa shape index (κ3) is 1.99. The smallest absolute Gasteiger partial charge is 0.224 e. The van der Waals surface area contributed by atoms with E-state index in [0.717, 1.165) is 0 Å². The van der Waals surface area contributed by atoms with E-state index in [1.807, 2.05) is 0 Å². The first-order valence-corrected chi connectivity index (χ1v) is 4.52. The van der Waals surface area contributed by atoms with Gasteiger partial charge < -0.3 is 20.1 Å². The molecule has 2 aliphatic heterocycles. The standard InChI is InChI=1S/C8H14N2O3/c9-6-3-7(11)10(4-6)5-8-12-1-2-13-8/h6,8H,1-5,9H2. The molecule has 5 nitrogen and oxygen atoms in total. The van der Waals surface area contributed by atoms with Crippen molar-refractivity contribution in [3.8, 4) is 0 Å². The molecule has 13 heavy (non-hydrogen) atoms. The third-order valence-electron chi connectivity index (χ3n) is 2.30. The molecule has 0 aliphatic carbocycles. The van der Waals surface area contributed by atoms with E-state index in [0.29, 0.717) is 32.7 Å². The molecule has 1 amide bonds. The van der Waals surface area contributed by atoms with E-state index in [4.69, 9.17) is 15.2 Å². The molecule has 5 heteroatoms. The van der Waals surface area contributed by atoms with Crippen LogP contribution in [0.5, 0.6) is 0 Å². The summed E-state index contributed by atoms with van der Waals surface area (Å²) < 4.78 is 10.5. The molecule has 2 saturated heterocycles. The zero-order valence-electron chi connectivity index (χ0n) is 7.44. The van der Waals surface area contributed by atoms with E-state index < -0.39 is 0 Å². The lowest BCUT2D eigenvalue weighted by atomic mass is 10.3. The predicted molar refractivity (Wildman–Crippen MR) is 44.9 cm³/mol. The zero-order valence-corrected chi connectivity index (χ0v) is 7.44. The van der Waals surface area contributed by atoms with Crippen LogP contribution in [0.4, 0.5) is 0 Å². The zero-order chi connectivity index (χ0) is 9.26. The summed E-state index contributed by atoms with van der Waals surface area (Å²) in [6.07, 6.45) is 0.210. The largest absolute Gasteiger partial charge is 0.348 e. The van der Waals surface area contributed by atoms with Crippen LogP contribution in [0, 0.1) is 0 Å². The first-order valence-electron chi connectivity index (χ1n) is 4.52. The lowest BCUT2D eigenvalue weighted by molar-refractivity contribution is -0.133. The summed E-state index contributed by atoms with van der Waals surface area (Å²) in [6, 6.07) is -0.0195. The van der Waals surface area contributed by atoms with E-state index in [1.165, 1.54) is 0 Å². The van der Waals surface area contributed by atoms with Gasteiger partial charge in [0.15, 0.2) is 6.29 Å². The first-order chi connectivity index (χ1) is 6.25. The first kappa shape index (κ1) is 8.93. The second kappa shape index (κ2) is 3.61. The van der Waals surface area contributed by atoms with Crippen LogP contribution < -0.4 is 5.73 Å². The Morgan fingerprint density at radius 3 is 2.69 bits per heavy atom. The molecule has 2 rings (SSSR count). The summed E-state index contributed by atoms with van der Waals surface area (Å²) in [4.78, 5) is 13.0. The number of carbonyl (C=O) groups excluding carboxylic acids is 1. The van der Waals surface area contributed by atoms with Gasteiger partial charge in [0.25, 0.3) is 0 Å². The highest BCUT2D eigenvalue weighted by Crippen LogP contribution is 2.12. The Labute approximate surface area is 76.8 Å². The maximum Gasteiger partial charge on any atom is 0.224 e. The molecule has 0 aromatic rings. The normalized spacial score (nSPS) is 30.4. The van der Waals surface area contributed by atoms with Crippen LogP contribution in [0.1, 0.15) is 6.42 Å². The van der Waals surface area contributed by atoms with E-state index in [1.54, 1.807) is 4.90 Å². The van der Waals surface area contributed by atoms with Gasteiger partial charge in [-0.2, -0.15) is 0 Å². The minimum Gasteiger partial charge on any atom is -0.348 e. The molecule has 0 saturated carbocycles. The number of likely N-dealkylation sites (tertiary alicyclic amines) is 1. The Hall–Kier alpha value is -0.650. The molecular weight excluding hydrogens is 172 g/mol. The highest BCUT2D eigenvalue weighted by molar-refractivity contribution is 5.79. The monoisotopic (exact) mass is 186 g/mol. The number of nitrogens with zero attached hydrogens (tertiary/aromatic N) is 1. The van der Waals surface area contributed by atoms with E-state index in [9.17, 15) is 4.79 Å². The van der Waals surface area contributed by atoms with Gasteiger partial charge in [-0.3, -0.25) is 4.79 Å². The lowest BCUT2D eigenvalue weighted by Gasteiger charge is -2.19. The topological polar surface area (TPSA) is 64.8 Å². The average molecular weight is 186 g/mol. The van der Waals surface area contributed by atoms with Gasteiger partial charge in [-0.05, 0) is 0 Å². The van der Waals surface area contributed by atoms with E-state index >= 15 is 0 Å². The summed E-state index contributed by atoms with van der Waals surface area (Å²) in [6.45, 7) is 2.39. The molecule has 0 radical (unpaired) electrons. The summed E-state index contributed by atoms with van der Waals surface area (Å²) in [5.41, 5.74) is 5.65. The van der Waals surface area contributed by atoms with Crippen LogP contribution in [-0.2, 0) is 14.3 Å². The molecule has 0 aromatic carbocycles. The second-order valence-corrected chi connectivity index (χ2v) is 3.43. The van der Waals surface area contributed by atoms with Gasteiger partial charge in [-0.1, -0.05) is 0 Å². The maximum atomic E-state index is 11.3. The highest BCUT2D eigenvalue weighted by atomic mass is 16.7. The summed E-state index contributed by atoms with van der Waals surface area (Å²) in [7, 11) is 0. The van der Waals surface area contributed by atoms with Crippen LogP contribution in [0.25, 0.3) is 0 Å². The molecule has 2 heterocycles. The van der Waals surface area contributed by atoms with Gasteiger partial charge in [0.05, 0.1) is 19.8 Å². The van der Waals surface area contributed by atoms with E-state index in [-0.39, 0.29) is 18.2 Å². The van der Waals surface area contributed by atoms with Crippen LogP contribution in [-0.4, -0.2) is 49.4 Å². The van der Waals surface area contributed by atoms with Crippen molar-refractivity contribution in [2.75, 3.05) is 26.3 Å². The van der Waals surface area contributed by atoms with Gasteiger partial charge in [0.2, 0.25) is 5.91 Å². The van der Waals surface area contributed by atoms with Crippen molar-refractivity contribution in [3.63, 3.8) is 0 Å². The van der Waals surface area contributed by atoms with Crippen LogP contribution in [0.15, 0.2) is 0 Å². The second-order valence-electron chi connectivity index (χ2n) is 3.43. The Morgan fingerprint density at radius 2 is 2.15 bits per heavy atom. The van der Waals surface area contributed by atoms with Crippen molar-refractivity contribution in [1.82, 2.24) is 4.90 Å². The highest BCUT2D eigenvalue weighted by Gasteiger charge is 2.30. The maximum absolute atomic E-state index is 11.3. The van der Waals surface area contributed by atoms with Crippen LogP contribution in [0.3, 0.4) is 0 Å². The fraction of sp³-hybridized carbons (Fsp3) is 0.875. The van der Waals surface area contributed by atoms with E-state index in [2.05, 4.69) is 0 Å². The molecule has 1 unspecified atom stereocenters. The number of ether oxygens (including phenoxy) is 2. The van der Waals surface area contributed by atoms with Crippen molar-refractivity contribution in [2.45, 2.75) is 18.8 Å². The third-order valence-corrected chi connectivity index (χ3v) is 2.30. The number of carbonyl (C=O) groups is 1. The van der Waals surface area contributed by atoms with Crippen molar-refractivity contribution in [2.24, 2.45) is 5.73 Å². The molecule has 2 fully saturated rings. The van der Waals surface area contributed by atoms with Gasteiger partial charge in [-0.15, -0.1) is 0 Å². The summed E-state index contributed by atoms with van der Waals surface area (Å²) in [5.74, 6) is 0.103. The summed E-state index contributed by atoms with van der Waals surface area (Å²) in [5, 5.41) is 0. The number of amides is 1. The van der Waals surface area contributed by atoms with Gasteiger partial charge in [0.1, 0.15) is 0 Å². The minimum absolute atomic E-state index is 0.0195. The van der Waals surface area contributed by atoms with Crippen molar-refractivity contribution < 1.29 is 14.3 Å². The Bertz CT molecular complexity index is 204. The molecule has 0 bridgehead atoms. The van der Waals surface area contributed by atoms with Crippen molar-refractivity contribution in [3.05, 3.63) is 0 Å². The minimum atomic E-state index is -0.241. The van der Waals surface area contributed by atoms with Crippen LogP contribution >= 0.6 is 0 Å². The number of rotatable bonds is 2. The van der Waals surface area contributed by atoms with Gasteiger partial charge in [-0.25, -0.2) is 0 Å². The molecule has 2 aliphatic rings. The lowest BCUT2D eigenvalue weighted by Crippen LogP contribution is -2.35. The fourth-order valence-electron chi connectivity index (χ4n) is 1.67. The number of hydrogen-bond donors (Lipinski definition) is 1. The van der Waals surface area contributed by atoms with Gasteiger partial charge in [0, 0.05) is 19.0 Å². The molecular formula is C8H14N2O3. The molecule has 2 N–H and O–H groups in total. The Balaban J connectivity index is 1.83.